The monoisotopic (exact) mass is 249 g/mol. The van der Waals surface area contributed by atoms with Crippen molar-refractivity contribution in [1.82, 2.24) is 0 Å². The molecule has 0 heterocycles. The molecule has 0 radical (unpaired) electrons. The molecular weight excluding hydrogens is 222 g/mol. The first-order valence-corrected chi connectivity index (χ1v) is 7.69. The fourth-order valence-corrected chi connectivity index (χ4v) is 4.25. The number of rotatable bonds is 3. The standard InChI is InChI=1S/C16H27NO/c1-3-4-14-6-8-15(12-17,9-7-14)16(18)10-5-13(2)11-16/h13-14,18H,3-11H2,1-2H3. The third-order valence-electron chi connectivity index (χ3n) is 5.50. The molecule has 102 valence electrons. The Bertz CT molecular complexity index is 324. The van der Waals surface area contributed by atoms with E-state index in [2.05, 4.69) is 19.9 Å². The highest BCUT2D eigenvalue weighted by molar-refractivity contribution is 5.15. The van der Waals surface area contributed by atoms with Crippen molar-refractivity contribution in [3.8, 4) is 6.07 Å². The first-order valence-electron chi connectivity index (χ1n) is 7.69. The van der Waals surface area contributed by atoms with Crippen LogP contribution < -0.4 is 0 Å². The Labute approximate surface area is 111 Å². The lowest BCUT2D eigenvalue weighted by Crippen LogP contribution is -2.47. The van der Waals surface area contributed by atoms with Crippen LogP contribution in [-0.2, 0) is 0 Å². The minimum atomic E-state index is -0.696. The van der Waals surface area contributed by atoms with Crippen molar-refractivity contribution < 1.29 is 5.11 Å². The van der Waals surface area contributed by atoms with Gasteiger partial charge in [0.15, 0.2) is 0 Å². The smallest absolute Gasteiger partial charge is 0.0860 e. The highest BCUT2D eigenvalue weighted by Crippen LogP contribution is 2.54. The molecule has 2 atom stereocenters. The molecule has 2 aliphatic rings. The second kappa shape index (κ2) is 5.21. The normalized spacial score (nSPS) is 44.8. The zero-order chi connectivity index (χ0) is 13.2. The van der Waals surface area contributed by atoms with Gasteiger partial charge in [-0.15, -0.1) is 0 Å². The molecule has 0 aromatic heterocycles. The number of hydrogen-bond acceptors (Lipinski definition) is 2. The molecule has 1 N–H and O–H groups in total. The summed E-state index contributed by atoms with van der Waals surface area (Å²) in [5.41, 5.74) is -1.14. The summed E-state index contributed by atoms with van der Waals surface area (Å²) in [7, 11) is 0. The molecule has 0 saturated heterocycles. The van der Waals surface area contributed by atoms with Crippen molar-refractivity contribution in [2.24, 2.45) is 17.3 Å². The Balaban J connectivity index is 2.07. The van der Waals surface area contributed by atoms with Gasteiger partial charge in [0.05, 0.1) is 17.1 Å². The zero-order valence-corrected chi connectivity index (χ0v) is 11.9. The quantitative estimate of drug-likeness (QED) is 0.820. The number of aliphatic hydroxyl groups is 1. The molecule has 18 heavy (non-hydrogen) atoms. The van der Waals surface area contributed by atoms with Crippen molar-refractivity contribution in [2.45, 2.75) is 77.2 Å². The van der Waals surface area contributed by atoms with Gasteiger partial charge in [0.2, 0.25) is 0 Å². The number of nitrogens with zero attached hydrogens (tertiary/aromatic N) is 1. The molecule has 0 spiro atoms. The Morgan fingerprint density at radius 1 is 1.22 bits per heavy atom. The molecule has 2 nitrogen and oxygen atoms in total. The van der Waals surface area contributed by atoms with Crippen molar-refractivity contribution in [2.75, 3.05) is 0 Å². The fourth-order valence-electron chi connectivity index (χ4n) is 4.25. The van der Waals surface area contributed by atoms with Gasteiger partial charge in [-0.3, -0.25) is 0 Å². The zero-order valence-electron chi connectivity index (χ0n) is 11.9. The minimum Gasteiger partial charge on any atom is -0.388 e. The van der Waals surface area contributed by atoms with E-state index >= 15 is 0 Å². The Morgan fingerprint density at radius 3 is 2.33 bits per heavy atom. The van der Waals surface area contributed by atoms with Gasteiger partial charge < -0.3 is 5.11 Å². The molecule has 0 aromatic rings. The van der Waals surface area contributed by atoms with Crippen LogP contribution in [0.15, 0.2) is 0 Å². The molecule has 2 unspecified atom stereocenters. The number of hydrogen-bond donors (Lipinski definition) is 1. The largest absolute Gasteiger partial charge is 0.388 e. The van der Waals surface area contributed by atoms with Gasteiger partial charge in [0.1, 0.15) is 0 Å². The highest BCUT2D eigenvalue weighted by Gasteiger charge is 2.54. The second-order valence-corrected chi connectivity index (χ2v) is 6.81. The van der Waals surface area contributed by atoms with Gasteiger partial charge in [0, 0.05) is 0 Å². The summed E-state index contributed by atoms with van der Waals surface area (Å²) in [4.78, 5) is 0. The second-order valence-electron chi connectivity index (χ2n) is 6.81. The summed E-state index contributed by atoms with van der Waals surface area (Å²) in [6.45, 7) is 4.43. The SMILES string of the molecule is CCCC1CCC(C#N)(C2(O)CCC(C)C2)CC1. The van der Waals surface area contributed by atoms with Crippen molar-refractivity contribution in [1.29, 1.82) is 5.26 Å². The van der Waals surface area contributed by atoms with Gasteiger partial charge in [-0.1, -0.05) is 26.7 Å². The summed E-state index contributed by atoms with van der Waals surface area (Å²) >= 11 is 0. The molecule has 2 aliphatic carbocycles. The third kappa shape index (κ3) is 2.30. The molecule has 2 heteroatoms. The van der Waals surface area contributed by atoms with Gasteiger partial charge >= 0.3 is 0 Å². The number of nitriles is 1. The Hall–Kier alpha value is -0.550. The molecule has 0 bridgehead atoms. The topological polar surface area (TPSA) is 44.0 Å². The highest BCUT2D eigenvalue weighted by atomic mass is 16.3. The summed E-state index contributed by atoms with van der Waals surface area (Å²) in [5, 5.41) is 20.6. The molecular formula is C16H27NO. The van der Waals surface area contributed by atoms with Crippen molar-refractivity contribution in [3.63, 3.8) is 0 Å². The summed E-state index contributed by atoms with van der Waals surface area (Å²) in [5.74, 6) is 1.37. The van der Waals surface area contributed by atoms with E-state index < -0.39 is 11.0 Å². The van der Waals surface area contributed by atoms with Crippen LogP contribution >= 0.6 is 0 Å². The van der Waals surface area contributed by atoms with Gasteiger partial charge in [-0.05, 0) is 56.8 Å². The summed E-state index contributed by atoms with van der Waals surface area (Å²) in [6.07, 6.45) is 9.38. The average Bonchev–Trinajstić information content (AvgIpc) is 2.72. The average molecular weight is 249 g/mol. The van der Waals surface area contributed by atoms with Crippen LogP contribution in [0.1, 0.15) is 71.6 Å². The van der Waals surface area contributed by atoms with E-state index in [0.717, 1.165) is 50.9 Å². The first kappa shape index (κ1) is 13.9. The maximum atomic E-state index is 10.9. The van der Waals surface area contributed by atoms with E-state index in [0.29, 0.717) is 5.92 Å². The van der Waals surface area contributed by atoms with E-state index in [1.54, 1.807) is 0 Å². The van der Waals surface area contributed by atoms with Crippen LogP contribution in [0.2, 0.25) is 0 Å². The van der Waals surface area contributed by atoms with E-state index in [4.69, 9.17) is 0 Å². The van der Waals surface area contributed by atoms with E-state index in [9.17, 15) is 10.4 Å². The van der Waals surface area contributed by atoms with E-state index in [-0.39, 0.29) is 0 Å². The van der Waals surface area contributed by atoms with Crippen LogP contribution in [0.3, 0.4) is 0 Å². The van der Waals surface area contributed by atoms with E-state index in [1.807, 2.05) is 0 Å². The summed E-state index contributed by atoms with van der Waals surface area (Å²) < 4.78 is 0. The van der Waals surface area contributed by atoms with Gasteiger partial charge in [-0.2, -0.15) is 5.26 Å². The van der Waals surface area contributed by atoms with Crippen LogP contribution in [0.25, 0.3) is 0 Å². The molecule has 0 aliphatic heterocycles. The molecule has 0 aromatic carbocycles. The minimum absolute atomic E-state index is 0.442. The van der Waals surface area contributed by atoms with Crippen LogP contribution in [0, 0.1) is 28.6 Å². The maximum Gasteiger partial charge on any atom is 0.0860 e. The Kier molecular flexibility index (Phi) is 4.02. The van der Waals surface area contributed by atoms with Crippen molar-refractivity contribution >= 4 is 0 Å². The fraction of sp³-hybridized carbons (Fsp3) is 0.938. The first-order chi connectivity index (χ1) is 8.55. The molecule has 2 fully saturated rings. The molecule has 2 saturated carbocycles. The molecule has 2 rings (SSSR count). The van der Waals surface area contributed by atoms with E-state index in [1.165, 1.54) is 12.8 Å². The molecule has 0 amide bonds. The lowest BCUT2D eigenvalue weighted by atomic mass is 9.61. The Morgan fingerprint density at radius 2 is 1.89 bits per heavy atom. The predicted octanol–water partition coefficient (Wildman–Crippen LogP) is 4.04. The van der Waals surface area contributed by atoms with Gasteiger partial charge in [0.25, 0.3) is 0 Å². The predicted molar refractivity (Wildman–Crippen MR) is 72.9 cm³/mol. The lowest BCUT2D eigenvalue weighted by Gasteiger charge is -2.45. The van der Waals surface area contributed by atoms with Crippen molar-refractivity contribution in [3.05, 3.63) is 0 Å². The van der Waals surface area contributed by atoms with Crippen LogP contribution in [-0.4, -0.2) is 10.7 Å². The van der Waals surface area contributed by atoms with Crippen LogP contribution in [0.4, 0.5) is 0 Å². The van der Waals surface area contributed by atoms with Crippen LogP contribution in [0.5, 0.6) is 0 Å². The lowest BCUT2D eigenvalue weighted by molar-refractivity contribution is -0.0753. The summed E-state index contributed by atoms with van der Waals surface area (Å²) in [6, 6.07) is 2.53. The van der Waals surface area contributed by atoms with Gasteiger partial charge in [-0.25, -0.2) is 0 Å². The third-order valence-corrected chi connectivity index (χ3v) is 5.50. The maximum absolute atomic E-state index is 10.9.